The van der Waals surface area contributed by atoms with E-state index in [1.54, 1.807) is 0 Å². The van der Waals surface area contributed by atoms with E-state index in [1.807, 2.05) is 38.3 Å². The van der Waals surface area contributed by atoms with E-state index in [0.717, 1.165) is 11.1 Å². The van der Waals surface area contributed by atoms with Gasteiger partial charge in [-0.05, 0) is 32.2 Å². The SMILES string of the molecule is CSCOC(=O)c1cc(C)cc(C)c1. The van der Waals surface area contributed by atoms with Crippen LogP contribution in [-0.4, -0.2) is 18.2 Å². The Morgan fingerprint density at radius 1 is 1.29 bits per heavy atom. The number of rotatable bonds is 3. The van der Waals surface area contributed by atoms with E-state index >= 15 is 0 Å². The van der Waals surface area contributed by atoms with Crippen LogP contribution >= 0.6 is 11.8 Å². The van der Waals surface area contributed by atoms with Crippen LogP contribution in [0.4, 0.5) is 0 Å². The van der Waals surface area contributed by atoms with Gasteiger partial charge in [0.25, 0.3) is 0 Å². The molecule has 0 spiro atoms. The average molecular weight is 210 g/mol. The first-order valence-electron chi connectivity index (χ1n) is 4.38. The summed E-state index contributed by atoms with van der Waals surface area (Å²) in [5, 5.41) is 0. The van der Waals surface area contributed by atoms with Gasteiger partial charge >= 0.3 is 5.97 Å². The molecule has 0 N–H and O–H groups in total. The molecule has 0 atom stereocenters. The van der Waals surface area contributed by atoms with Gasteiger partial charge in [-0.15, -0.1) is 11.8 Å². The molecule has 1 aromatic carbocycles. The minimum atomic E-state index is -0.244. The number of esters is 1. The fourth-order valence-corrected chi connectivity index (χ4v) is 1.51. The Morgan fingerprint density at radius 3 is 2.36 bits per heavy atom. The molecule has 3 heteroatoms. The van der Waals surface area contributed by atoms with Crippen LogP contribution in [0.3, 0.4) is 0 Å². The Kier molecular flexibility index (Phi) is 4.01. The molecule has 0 aliphatic rings. The highest BCUT2D eigenvalue weighted by atomic mass is 32.2. The molecule has 0 radical (unpaired) electrons. The van der Waals surface area contributed by atoms with Gasteiger partial charge in [0.15, 0.2) is 0 Å². The lowest BCUT2D eigenvalue weighted by Crippen LogP contribution is -2.05. The van der Waals surface area contributed by atoms with E-state index in [1.165, 1.54) is 11.8 Å². The van der Waals surface area contributed by atoms with Crippen LogP contribution in [0, 0.1) is 13.8 Å². The van der Waals surface area contributed by atoms with E-state index in [2.05, 4.69) is 0 Å². The molecule has 2 nitrogen and oxygen atoms in total. The molecule has 0 unspecified atom stereocenters. The van der Waals surface area contributed by atoms with Gasteiger partial charge in [-0.25, -0.2) is 4.79 Å². The zero-order chi connectivity index (χ0) is 10.6. The molecule has 0 heterocycles. The van der Waals surface area contributed by atoms with E-state index in [9.17, 15) is 4.79 Å². The molecule has 1 aromatic rings. The molecule has 0 saturated carbocycles. The maximum Gasteiger partial charge on any atom is 0.338 e. The number of aryl methyl sites for hydroxylation is 2. The maximum atomic E-state index is 11.5. The molecular formula is C11H14O2S. The van der Waals surface area contributed by atoms with Gasteiger partial charge in [0, 0.05) is 0 Å². The van der Waals surface area contributed by atoms with Crippen molar-refractivity contribution in [2.24, 2.45) is 0 Å². The maximum absolute atomic E-state index is 11.5. The van der Waals surface area contributed by atoms with Crippen LogP contribution in [0.5, 0.6) is 0 Å². The molecule has 0 saturated heterocycles. The smallest absolute Gasteiger partial charge is 0.338 e. The highest BCUT2D eigenvalue weighted by Crippen LogP contribution is 2.10. The summed E-state index contributed by atoms with van der Waals surface area (Å²) in [7, 11) is 0. The van der Waals surface area contributed by atoms with Crippen LogP contribution in [0.1, 0.15) is 21.5 Å². The van der Waals surface area contributed by atoms with Crippen molar-refractivity contribution in [1.29, 1.82) is 0 Å². The van der Waals surface area contributed by atoms with Gasteiger partial charge < -0.3 is 4.74 Å². The predicted molar refractivity (Wildman–Crippen MR) is 59.7 cm³/mol. The molecule has 1 rings (SSSR count). The number of carbonyl (C=O) groups is 1. The molecule has 0 amide bonds. The van der Waals surface area contributed by atoms with E-state index in [0.29, 0.717) is 11.5 Å². The summed E-state index contributed by atoms with van der Waals surface area (Å²) >= 11 is 1.49. The summed E-state index contributed by atoms with van der Waals surface area (Å²) in [4.78, 5) is 11.5. The first kappa shape index (κ1) is 11.1. The van der Waals surface area contributed by atoms with Gasteiger partial charge in [-0.2, -0.15) is 0 Å². The summed E-state index contributed by atoms with van der Waals surface area (Å²) in [6.45, 7) is 3.94. The van der Waals surface area contributed by atoms with Crippen molar-refractivity contribution in [3.8, 4) is 0 Å². The summed E-state index contributed by atoms with van der Waals surface area (Å²) in [6.07, 6.45) is 1.90. The largest absolute Gasteiger partial charge is 0.451 e. The number of benzene rings is 1. The minimum absolute atomic E-state index is 0.244. The molecule has 0 bridgehead atoms. The van der Waals surface area contributed by atoms with Crippen molar-refractivity contribution >= 4 is 17.7 Å². The Hall–Kier alpha value is -0.960. The minimum Gasteiger partial charge on any atom is -0.451 e. The monoisotopic (exact) mass is 210 g/mol. The molecule has 0 aliphatic carbocycles. The van der Waals surface area contributed by atoms with Crippen LogP contribution in [0.2, 0.25) is 0 Å². The van der Waals surface area contributed by atoms with Gasteiger partial charge in [0.2, 0.25) is 0 Å². The summed E-state index contributed by atoms with van der Waals surface area (Å²) in [5.74, 6) is 0.164. The Bertz CT molecular complexity index is 314. The Balaban J connectivity index is 2.79. The summed E-state index contributed by atoms with van der Waals surface area (Å²) in [6, 6.07) is 5.72. The molecule has 14 heavy (non-hydrogen) atoms. The number of thioether (sulfide) groups is 1. The second kappa shape index (κ2) is 5.05. The highest BCUT2D eigenvalue weighted by molar-refractivity contribution is 7.98. The first-order valence-corrected chi connectivity index (χ1v) is 5.77. The van der Waals surface area contributed by atoms with Crippen molar-refractivity contribution in [3.05, 3.63) is 34.9 Å². The molecule has 0 fully saturated rings. The molecule has 76 valence electrons. The topological polar surface area (TPSA) is 26.3 Å². The standard InChI is InChI=1S/C11H14O2S/c1-8-4-9(2)6-10(5-8)11(12)13-7-14-3/h4-6H,7H2,1-3H3. The number of hydrogen-bond acceptors (Lipinski definition) is 3. The van der Waals surface area contributed by atoms with Crippen molar-refractivity contribution in [3.63, 3.8) is 0 Å². The lowest BCUT2D eigenvalue weighted by Gasteiger charge is -2.04. The van der Waals surface area contributed by atoms with Gasteiger partial charge in [-0.3, -0.25) is 0 Å². The van der Waals surface area contributed by atoms with Gasteiger partial charge in [0.05, 0.1) is 5.56 Å². The lowest BCUT2D eigenvalue weighted by molar-refractivity contribution is 0.0579. The number of carbonyl (C=O) groups excluding carboxylic acids is 1. The first-order chi connectivity index (χ1) is 6.63. The van der Waals surface area contributed by atoms with Crippen LogP contribution in [-0.2, 0) is 4.74 Å². The van der Waals surface area contributed by atoms with E-state index in [-0.39, 0.29) is 5.97 Å². The summed E-state index contributed by atoms with van der Waals surface area (Å²) in [5.41, 5.74) is 2.80. The lowest BCUT2D eigenvalue weighted by atomic mass is 10.1. The zero-order valence-corrected chi connectivity index (χ0v) is 9.48. The second-order valence-corrected chi connectivity index (χ2v) is 4.03. The molecule has 0 aliphatic heterocycles. The Labute approximate surface area is 88.7 Å². The van der Waals surface area contributed by atoms with Crippen LogP contribution in [0.25, 0.3) is 0 Å². The highest BCUT2D eigenvalue weighted by Gasteiger charge is 2.07. The number of ether oxygens (including phenoxy) is 1. The molecular weight excluding hydrogens is 196 g/mol. The fraction of sp³-hybridized carbons (Fsp3) is 0.364. The number of hydrogen-bond donors (Lipinski definition) is 0. The van der Waals surface area contributed by atoms with Crippen molar-refractivity contribution < 1.29 is 9.53 Å². The van der Waals surface area contributed by atoms with E-state index in [4.69, 9.17) is 4.74 Å². The molecule has 0 aromatic heterocycles. The second-order valence-electron chi connectivity index (χ2n) is 3.21. The Morgan fingerprint density at radius 2 is 1.86 bits per heavy atom. The third-order valence-corrected chi connectivity index (χ3v) is 2.12. The van der Waals surface area contributed by atoms with Crippen molar-refractivity contribution in [2.75, 3.05) is 12.2 Å². The van der Waals surface area contributed by atoms with Crippen molar-refractivity contribution in [2.45, 2.75) is 13.8 Å². The average Bonchev–Trinajstić information content (AvgIpc) is 2.12. The zero-order valence-electron chi connectivity index (χ0n) is 8.66. The van der Waals surface area contributed by atoms with Crippen LogP contribution in [0.15, 0.2) is 18.2 Å². The normalized spacial score (nSPS) is 9.93. The summed E-state index contributed by atoms with van der Waals surface area (Å²) < 4.78 is 5.01. The van der Waals surface area contributed by atoms with Crippen LogP contribution < -0.4 is 0 Å². The van der Waals surface area contributed by atoms with Gasteiger partial charge in [-0.1, -0.05) is 17.2 Å². The third-order valence-electron chi connectivity index (χ3n) is 1.77. The predicted octanol–water partition coefficient (Wildman–Crippen LogP) is 2.78. The van der Waals surface area contributed by atoms with Crippen molar-refractivity contribution in [1.82, 2.24) is 0 Å². The van der Waals surface area contributed by atoms with Gasteiger partial charge in [0.1, 0.15) is 5.94 Å². The third kappa shape index (κ3) is 3.07. The quantitative estimate of drug-likeness (QED) is 0.567. The fourth-order valence-electron chi connectivity index (χ4n) is 1.29. The van der Waals surface area contributed by atoms with E-state index < -0.39 is 0 Å².